The van der Waals surface area contributed by atoms with Gasteiger partial charge in [-0.15, -0.1) is 10.2 Å². The number of methoxy groups -OCH3 is 1. The van der Waals surface area contributed by atoms with Crippen LogP contribution in [0.4, 0.5) is 0 Å². The molecule has 0 spiro atoms. The Morgan fingerprint density at radius 3 is 2.80 bits per heavy atom. The first-order chi connectivity index (χ1) is 12.1. The van der Waals surface area contributed by atoms with Crippen LogP contribution in [-0.2, 0) is 6.61 Å². The maximum Gasteiger partial charge on any atom is 0.254 e. The van der Waals surface area contributed by atoms with Crippen LogP contribution < -0.4 is 15.2 Å². The third-order valence-electron chi connectivity index (χ3n) is 3.34. The molecule has 7 nitrogen and oxygen atoms in total. The molecule has 0 radical (unpaired) electrons. The van der Waals surface area contributed by atoms with Gasteiger partial charge in [-0.3, -0.25) is 4.79 Å². The fourth-order valence-electron chi connectivity index (χ4n) is 2.14. The number of hydrogen-bond acceptors (Lipinski definition) is 6. The van der Waals surface area contributed by atoms with Crippen LogP contribution in [0.2, 0.25) is 0 Å². The molecule has 0 aliphatic rings. The molecule has 0 saturated carbocycles. The number of halogens is 1. The molecule has 8 heteroatoms. The van der Waals surface area contributed by atoms with E-state index < -0.39 is 5.91 Å². The van der Waals surface area contributed by atoms with Crippen LogP contribution in [-0.4, -0.2) is 23.2 Å². The third-order valence-corrected chi connectivity index (χ3v) is 3.84. The van der Waals surface area contributed by atoms with Crippen molar-refractivity contribution in [1.29, 1.82) is 0 Å². The van der Waals surface area contributed by atoms with E-state index in [2.05, 4.69) is 26.1 Å². The van der Waals surface area contributed by atoms with Gasteiger partial charge in [-0.1, -0.05) is 22.0 Å². The second-order valence-corrected chi connectivity index (χ2v) is 5.94. The molecule has 3 aromatic rings. The summed E-state index contributed by atoms with van der Waals surface area (Å²) < 4.78 is 17.2. The highest BCUT2D eigenvalue weighted by atomic mass is 79.9. The maximum atomic E-state index is 11.6. The summed E-state index contributed by atoms with van der Waals surface area (Å²) in [6.07, 6.45) is 0. The first kappa shape index (κ1) is 17.0. The lowest BCUT2D eigenvalue weighted by Gasteiger charge is -2.09. The molecule has 2 N–H and O–H groups in total. The van der Waals surface area contributed by atoms with E-state index in [1.165, 1.54) is 13.2 Å². The number of nitrogens with zero attached hydrogens (tertiary/aromatic N) is 2. The smallest absolute Gasteiger partial charge is 0.254 e. The molecule has 1 amide bonds. The number of carbonyl (C=O) groups excluding carboxylic acids is 1. The Morgan fingerprint density at radius 2 is 2.08 bits per heavy atom. The summed E-state index contributed by atoms with van der Waals surface area (Å²) in [6.45, 7) is 0.00755. The minimum atomic E-state index is -0.616. The van der Waals surface area contributed by atoms with Gasteiger partial charge < -0.3 is 19.6 Å². The second kappa shape index (κ2) is 7.35. The van der Waals surface area contributed by atoms with Crippen molar-refractivity contribution in [2.75, 3.05) is 7.11 Å². The van der Waals surface area contributed by atoms with Gasteiger partial charge in [0.1, 0.15) is 11.5 Å². The Hall–Kier alpha value is -2.87. The van der Waals surface area contributed by atoms with Crippen LogP contribution >= 0.6 is 15.9 Å². The van der Waals surface area contributed by atoms with Crippen molar-refractivity contribution in [2.24, 2.45) is 5.73 Å². The molecule has 0 unspecified atom stereocenters. The van der Waals surface area contributed by atoms with E-state index in [0.717, 1.165) is 10.0 Å². The molecule has 128 valence electrons. The predicted molar refractivity (Wildman–Crippen MR) is 93.3 cm³/mol. The fraction of sp³-hybridized carbons (Fsp3) is 0.118. The van der Waals surface area contributed by atoms with Gasteiger partial charge in [-0.2, -0.15) is 0 Å². The van der Waals surface area contributed by atoms with E-state index >= 15 is 0 Å². The highest BCUT2D eigenvalue weighted by Crippen LogP contribution is 2.25. The normalized spacial score (nSPS) is 10.5. The minimum Gasteiger partial charge on any atom is -0.497 e. The number of amides is 1. The van der Waals surface area contributed by atoms with Gasteiger partial charge in [-0.05, 0) is 36.4 Å². The number of aromatic nitrogens is 2. The Morgan fingerprint density at radius 1 is 1.24 bits per heavy atom. The average Bonchev–Trinajstić information content (AvgIpc) is 3.09. The van der Waals surface area contributed by atoms with Crippen molar-refractivity contribution in [2.45, 2.75) is 6.61 Å². The number of nitrogens with two attached hydrogens (primary N) is 1. The Kier molecular flexibility index (Phi) is 4.99. The lowest BCUT2D eigenvalue weighted by Crippen LogP contribution is -2.13. The monoisotopic (exact) mass is 403 g/mol. The SMILES string of the molecule is COc1ccc(OCc2nnc(-c3cccc(Br)c3)o2)c(C(N)=O)c1. The van der Waals surface area contributed by atoms with Crippen LogP contribution in [0.3, 0.4) is 0 Å². The second-order valence-electron chi connectivity index (χ2n) is 5.03. The molecule has 0 aliphatic carbocycles. The van der Waals surface area contributed by atoms with Crippen LogP contribution in [0.25, 0.3) is 11.5 Å². The van der Waals surface area contributed by atoms with Crippen LogP contribution in [0.15, 0.2) is 51.4 Å². The quantitative estimate of drug-likeness (QED) is 0.677. The van der Waals surface area contributed by atoms with E-state index in [4.69, 9.17) is 19.6 Å². The van der Waals surface area contributed by atoms with Crippen LogP contribution in [0.1, 0.15) is 16.2 Å². The molecule has 25 heavy (non-hydrogen) atoms. The zero-order valence-electron chi connectivity index (χ0n) is 13.2. The third kappa shape index (κ3) is 3.97. The predicted octanol–water partition coefficient (Wildman–Crippen LogP) is 3.19. The number of rotatable bonds is 6. The molecule has 3 rings (SSSR count). The van der Waals surface area contributed by atoms with Gasteiger partial charge >= 0.3 is 0 Å². The van der Waals surface area contributed by atoms with Crippen molar-refractivity contribution in [1.82, 2.24) is 10.2 Å². The summed E-state index contributed by atoms with van der Waals surface area (Å²) in [5.74, 6) is 0.867. The number of hydrogen-bond donors (Lipinski definition) is 1. The van der Waals surface area contributed by atoms with Gasteiger partial charge in [0, 0.05) is 10.0 Å². The molecular weight excluding hydrogens is 390 g/mol. The number of carbonyl (C=O) groups is 1. The summed E-state index contributed by atoms with van der Waals surface area (Å²) in [5, 5.41) is 7.94. The minimum absolute atomic E-state index is 0.00755. The van der Waals surface area contributed by atoms with Crippen LogP contribution in [0.5, 0.6) is 11.5 Å². The Bertz CT molecular complexity index is 910. The summed E-state index contributed by atoms with van der Waals surface area (Å²) in [7, 11) is 1.50. The summed E-state index contributed by atoms with van der Waals surface area (Å²) in [4.78, 5) is 11.6. The van der Waals surface area contributed by atoms with E-state index in [0.29, 0.717) is 17.4 Å². The van der Waals surface area contributed by atoms with Crippen LogP contribution in [0, 0.1) is 0 Å². The van der Waals surface area contributed by atoms with Gasteiger partial charge in [0.2, 0.25) is 5.89 Å². The molecule has 0 saturated heterocycles. The van der Waals surface area contributed by atoms with E-state index in [1.807, 2.05) is 24.3 Å². The topological polar surface area (TPSA) is 100 Å². The number of ether oxygens (including phenoxy) is 2. The van der Waals surface area contributed by atoms with Crippen molar-refractivity contribution < 1.29 is 18.7 Å². The first-order valence-corrected chi connectivity index (χ1v) is 8.05. The zero-order valence-corrected chi connectivity index (χ0v) is 14.8. The molecule has 0 atom stereocenters. The number of primary amides is 1. The fourth-order valence-corrected chi connectivity index (χ4v) is 2.54. The summed E-state index contributed by atoms with van der Waals surface area (Å²) >= 11 is 3.39. The largest absolute Gasteiger partial charge is 0.497 e. The van der Waals surface area contributed by atoms with Gasteiger partial charge in [0.15, 0.2) is 6.61 Å². The summed E-state index contributed by atoms with van der Waals surface area (Å²) in [5.41, 5.74) is 6.37. The Balaban J connectivity index is 1.76. The van der Waals surface area contributed by atoms with Crippen molar-refractivity contribution in [3.05, 3.63) is 58.4 Å². The van der Waals surface area contributed by atoms with Gasteiger partial charge in [-0.25, -0.2) is 0 Å². The van der Waals surface area contributed by atoms with Crippen molar-refractivity contribution >= 4 is 21.8 Å². The average molecular weight is 404 g/mol. The molecular formula is C17H14BrN3O4. The standard InChI is InChI=1S/C17H14BrN3O4/c1-23-12-5-6-14(13(8-12)16(19)22)24-9-15-20-21-17(25-15)10-3-2-4-11(18)7-10/h2-8H,9H2,1H3,(H2,19,22). The molecule has 1 heterocycles. The van der Waals surface area contributed by atoms with E-state index in [-0.39, 0.29) is 18.1 Å². The lowest BCUT2D eigenvalue weighted by atomic mass is 10.2. The van der Waals surface area contributed by atoms with Crippen molar-refractivity contribution in [3.63, 3.8) is 0 Å². The lowest BCUT2D eigenvalue weighted by molar-refractivity contribution is 0.0995. The molecule has 0 fully saturated rings. The van der Waals surface area contributed by atoms with Crippen molar-refractivity contribution in [3.8, 4) is 23.0 Å². The summed E-state index contributed by atoms with van der Waals surface area (Å²) in [6, 6.07) is 12.3. The maximum absolute atomic E-state index is 11.6. The molecule has 0 bridgehead atoms. The van der Waals surface area contributed by atoms with Gasteiger partial charge in [0.25, 0.3) is 11.8 Å². The van der Waals surface area contributed by atoms with E-state index in [9.17, 15) is 4.79 Å². The highest BCUT2D eigenvalue weighted by Gasteiger charge is 2.14. The zero-order chi connectivity index (χ0) is 17.8. The molecule has 1 aromatic heterocycles. The first-order valence-electron chi connectivity index (χ1n) is 7.26. The van der Waals surface area contributed by atoms with E-state index in [1.54, 1.807) is 12.1 Å². The molecule has 2 aromatic carbocycles. The Labute approximate surface area is 151 Å². The highest BCUT2D eigenvalue weighted by molar-refractivity contribution is 9.10. The van der Waals surface area contributed by atoms with Gasteiger partial charge in [0.05, 0.1) is 12.7 Å². The number of benzene rings is 2. The molecule has 0 aliphatic heterocycles.